The Morgan fingerprint density at radius 1 is 1.20 bits per heavy atom. The van der Waals surface area contributed by atoms with E-state index in [0.717, 1.165) is 11.4 Å². The van der Waals surface area contributed by atoms with Gasteiger partial charge in [-0.15, -0.1) is 0 Å². The minimum Gasteiger partial charge on any atom is -0.378 e. The Bertz CT molecular complexity index is 359. The standard InChI is InChI=1S/C11H16ClN3/c1-14(2)8-13-11-6-5-9(15(3)4)7-10(11)12/h5-8H,1-4H3. The van der Waals surface area contributed by atoms with Gasteiger partial charge in [-0.3, -0.25) is 0 Å². The molecule has 0 fully saturated rings. The summed E-state index contributed by atoms with van der Waals surface area (Å²) >= 11 is 6.10. The Kier molecular flexibility index (Phi) is 3.97. The molecule has 0 bridgehead atoms. The van der Waals surface area contributed by atoms with Crippen LogP contribution in [0.4, 0.5) is 11.4 Å². The average Bonchev–Trinajstić information content (AvgIpc) is 2.15. The molecule has 4 heteroatoms. The maximum atomic E-state index is 6.10. The van der Waals surface area contributed by atoms with Crippen molar-refractivity contribution >= 4 is 29.3 Å². The monoisotopic (exact) mass is 225 g/mol. The van der Waals surface area contributed by atoms with Gasteiger partial charge in [-0.05, 0) is 18.2 Å². The van der Waals surface area contributed by atoms with E-state index in [1.807, 2.05) is 56.2 Å². The summed E-state index contributed by atoms with van der Waals surface area (Å²) < 4.78 is 0. The van der Waals surface area contributed by atoms with E-state index in [-0.39, 0.29) is 0 Å². The number of aliphatic imine (C=N–C) groups is 1. The number of hydrogen-bond acceptors (Lipinski definition) is 2. The number of anilines is 1. The average molecular weight is 226 g/mol. The molecule has 1 rings (SSSR count). The van der Waals surface area contributed by atoms with Crippen LogP contribution in [0.3, 0.4) is 0 Å². The van der Waals surface area contributed by atoms with Gasteiger partial charge < -0.3 is 9.80 Å². The summed E-state index contributed by atoms with van der Waals surface area (Å²) in [6.45, 7) is 0. The first-order valence-corrected chi connectivity index (χ1v) is 5.06. The largest absolute Gasteiger partial charge is 0.378 e. The topological polar surface area (TPSA) is 18.8 Å². The van der Waals surface area contributed by atoms with Crippen LogP contribution < -0.4 is 4.90 Å². The number of rotatable bonds is 3. The van der Waals surface area contributed by atoms with Gasteiger partial charge in [0.05, 0.1) is 17.0 Å². The molecule has 0 radical (unpaired) electrons. The van der Waals surface area contributed by atoms with E-state index in [1.165, 1.54) is 0 Å². The predicted octanol–water partition coefficient (Wildman–Crippen LogP) is 2.63. The molecule has 0 aliphatic rings. The van der Waals surface area contributed by atoms with E-state index in [1.54, 1.807) is 6.34 Å². The van der Waals surface area contributed by atoms with Crippen LogP contribution in [0, 0.1) is 0 Å². The van der Waals surface area contributed by atoms with Crippen molar-refractivity contribution in [2.45, 2.75) is 0 Å². The van der Waals surface area contributed by atoms with Crippen molar-refractivity contribution in [1.29, 1.82) is 0 Å². The third kappa shape index (κ3) is 3.44. The van der Waals surface area contributed by atoms with Gasteiger partial charge in [-0.1, -0.05) is 11.6 Å². The smallest absolute Gasteiger partial charge is 0.0907 e. The lowest BCUT2D eigenvalue weighted by Gasteiger charge is -2.13. The van der Waals surface area contributed by atoms with Crippen molar-refractivity contribution in [3.8, 4) is 0 Å². The molecule has 0 atom stereocenters. The van der Waals surface area contributed by atoms with Crippen molar-refractivity contribution in [2.24, 2.45) is 4.99 Å². The molecule has 0 heterocycles. The SMILES string of the molecule is CN(C)C=Nc1ccc(N(C)C)cc1Cl. The van der Waals surface area contributed by atoms with Crippen LogP contribution in [0.25, 0.3) is 0 Å². The van der Waals surface area contributed by atoms with Gasteiger partial charge in [0.2, 0.25) is 0 Å². The predicted molar refractivity (Wildman–Crippen MR) is 67.6 cm³/mol. The maximum Gasteiger partial charge on any atom is 0.0907 e. The normalized spacial score (nSPS) is 10.7. The zero-order chi connectivity index (χ0) is 11.4. The fourth-order valence-electron chi connectivity index (χ4n) is 1.06. The van der Waals surface area contributed by atoms with Crippen LogP contribution in [-0.2, 0) is 0 Å². The van der Waals surface area contributed by atoms with Crippen molar-refractivity contribution < 1.29 is 0 Å². The van der Waals surface area contributed by atoms with E-state index in [9.17, 15) is 0 Å². The molecule has 15 heavy (non-hydrogen) atoms. The first-order valence-electron chi connectivity index (χ1n) is 4.68. The molecule has 0 saturated carbocycles. The molecule has 3 nitrogen and oxygen atoms in total. The van der Waals surface area contributed by atoms with Gasteiger partial charge in [0.25, 0.3) is 0 Å². The van der Waals surface area contributed by atoms with E-state index >= 15 is 0 Å². The highest BCUT2D eigenvalue weighted by Crippen LogP contribution is 2.28. The molecule has 0 unspecified atom stereocenters. The van der Waals surface area contributed by atoms with E-state index in [0.29, 0.717) is 5.02 Å². The molecule has 1 aromatic carbocycles. The molecular weight excluding hydrogens is 210 g/mol. The zero-order valence-electron chi connectivity index (χ0n) is 9.53. The molecule has 0 aromatic heterocycles. The Morgan fingerprint density at radius 2 is 1.87 bits per heavy atom. The van der Waals surface area contributed by atoms with Crippen molar-refractivity contribution in [1.82, 2.24) is 4.90 Å². The van der Waals surface area contributed by atoms with Crippen molar-refractivity contribution in [3.63, 3.8) is 0 Å². The summed E-state index contributed by atoms with van der Waals surface area (Å²) in [4.78, 5) is 8.13. The van der Waals surface area contributed by atoms with Gasteiger partial charge in [0.15, 0.2) is 0 Å². The number of benzene rings is 1. The Balaban J connectivity index is 2.93. The van der Waals surface area contributed by atoms with Gasteiger partial charge in [0, 0.05) is 33.9 Å². The van der Waals surface area contributed by atoms with Gasteiger partial charge in [-0.2, -0.15) is 0 Å². The van der Waals surface area contributed by atoms with Crippen LogP contribution in [0.15, 0.2) is 23.2 Å². The molecule has 0 saturated heterocycles. The Morgan fingerprint density at radius 3 is 2.33 bits per heavy atom. The number of hydrogen-bond donors (Lipinski definition) is 0. The molecule has 0 aliphatic carbocycles. The van der Waals surface area contributed by atoms with E-state index < -0.39 is 0 Å². The second kappa shape index (κ2) is 5.03. The third-order valence-electron chi connectivity index (χ3n) is 1.88. The number of nitrogens with zero attached hydrogens (tertiary/aromatic N) is 3. The summed E-state index contributed by atoms with van der Waals surface area (Å²) in [5.74, 6) is 0. The van der Waals surface area contributed by atoms with Gasteiger partial charge in [0.1, 0.15) is 0 Å². The van der Waals surface area contributed by atoms with Gasteiger partial charge in [-0.25, -0.2) is 4.99 Å². The molecule has 0 amide bonds. The fraction of sp³-hybridized carbons (Fsp3) is 0.364. The quantitative estimate of drug-likeness (QED) is 0.582. The minimum absolute atomic E-state index is 0.666. The zero-order valence-corrected chi connectivity index (χ0v) is 10.3. The van der Waals surface area contributed by atoms with E-state index in [4.69, 9.17) is 11.6 Å². The first kappa shape index (κ1) is 11.9. The second-order valence-corrected chi connectivity index (χ2v) is 4.15. The summed E-state index contributed by atoms with van der Waals surface area (Å²) in [6.07, 6.45) is 1.73. The molecule has 0 N–H and O–H groups in total. The highest BCUT2D eigenvalue weighted by molar-refractivity contribution is 6.33. The lowest BCUT2D eigenvalue weighted by molar-refractivity contribution is 0.643. The molecule has 82 valence electrons. The van der Waals surface area contributed by atoms with Crippen LogP contribution >= 0.6 is 11.6 Å². The lowest BCUT2D eigenvalue weighted by Crippen LogP contribution is -2.08. The Hall–Kier alpha value is -1.22. The molecule has 0 spiro atoms. The fourth-order valence-corrected chi connectivity index (χ4v) is 1.28. The molecular formula is C11H16ClN3. The summed E-state index contributed by atoms with van der Waals surface area (Å²) in [7, 11) is 7.81. The summed E-state index contributed by atoms with van der Waals surface area (Å²) in [6, 6.07) is 5.82. The van der Waals surface area contributed by atoms with E-state index in [2.05, 4.69) is 4.99 Å². The van der Waals surface area contributed by atoms with Crippen LogP contribution in [0.5, 0.6) is 0 Å². The van der Waals surface area contributed by atoms with Gasteiger partial charge >= 0.3 is 0 Å². The molecule has 1 aromatic rings. The highest BCUT2D eigenvalue weighted by atomic mass is 35.5. The van der Waals surface area contributed by atoms with Crippen LogP contribution in [-0.4, -0.2) is 39.4 Å². The first-order chi connectivity index (χ1) is 7.00. The number of halogens is 1. The maximum absolute atomic E-state index is 6.10. The van der Waals surface area contributed by atoms with Crippen molar-refractivity contribution in [3.05, 3.63) is 23.2 Å². The minimum atomic E-state index is 0.666. The molecule has 0 aliphatic heterocycles. The third-order valence-corrected chi connectivity index (χ3v) is 2.18. The van der Waals surface area contributed by atoms with Crippen molar-refractivity contribution in [2.75, 3.05) is 33.1 Å². The Labute approximate surface area is 96.0 Å². The van der Waals surface area contributed by atoms with Crippen LogP contribution in [0.1, 0.15) is 0 Å². The summed E-state index contributed by atoms with van der Waals surface area (Å²) in [5, 5.41) is 0.666. The second-order valence-electron chi connectivity index (χ2n) is 3.74. The summed E-state index contributed by atoms with van der Waals surface area (Å²) in [5.41, 5.74) is 1.86. The van der Waals surface area contributed by atoms with Crippen LogP contribution in [0.2, 0.25) is 5.02 Å². The lowest BCUT2D eigenvalue weighted by atomic mass is 10.2. The highest BCUT2D eigenvalue weighted by Gasteiger charge is 2.01.